The van der Waals surface area contributed by atoms with Crippen molar-refractivity contribution in [3.63, 3.8) is 0 Å². The standard InChI is InChI=1S/C11H13N3O/c1-15-8-3-4-10-9(7-8)11-12-5-2-6-14(11)13-10/h3-4,7,12H,2,5-6H2,1H3. The number of methoxy groups -OCH3 is 1. The molecule has 0 atom stereocenters. The molecule has 1 aliphatic rings. The Balaban J connectivity index is 2.24. The van der Waals surface area contributed by atoms with E-state index in [4.69, 9.17) is 4.74 Å². The number of ether oxygens (including phenoxy) is 1. The van der Waals surface area contributed by atoms with Crippen LogP contribution in [-0.4, -0.2) is 23.4 Å². The van der Waals surface area contributed by atoms with Crippen molar-refractivity contribution in [2.24, 2.45) is 0 Å². The molecule has 1 aromatic carbocycles. The van der Waals surface area contributed by atoms with Crippen LogP contribution >= 0.6 is 0 Å². The van der Waals surface area contributed by atoms with Crippen LogP contribution in [0.3, 0.4) is 0 Å². The van der Waals surface area contributed by atoms with E-state index in [0.717, 1.165) is 42.0 Å². The summed E-state index contributed by atoms with van der Waals surface area (Å²) in [6.07, 6.45) is 1.14. The molecule has 15 heavy (non-hydrogen) atoms. The van der Waals surface area contributed by atoms with E-state index in [1.165, 1.54) is 0 Å². The third kappa shape index (κ3) is 1.25. The molecular formula is C11H13N3O. The van der Waals surface area contributed by atoms with Gasteiger partial charge >= 0.3 is 0 Å². The number of benzene rings is 1. The molecule has 1 N–H and O–H groups in total. The summed E-state index contributed by atoms with van der Waals surface area (Å²) in [6, 6.07) is 5.98. The molecular weight excluding hydrogens is 190 g/mol. The van der Waals surface area contributed by atoms with Crippen molar-refractivity contribution in [1.82, 2.24) is 9.78 Å². The van der Waals surface area contributed by atoms with Gasteiger partial charge in [-0.1, -0.05) is 0 Å². The zero-order valence-corrected chi connectivity index (χ0v) is 8.66. The first-order valence-electron chi connectivity index (χ1n) is 5.17. The topological polar surface area (TPSA) is 39.1 Å². The number of nitrogens with one attached hydrogen (secondary N) is 1. The highest BCUT2D eigenvalue weighted by Gasteiger charge is 2.14. The average molecular weight is 203 g/mol. The van der Waals surface area contributed by atoms with Gasteiger partial charge in [-0.05, 0) is 24.6 Å². The summed E-state index contributed by atoms with van der Waals surface area (Å²) in [5, 5.41) is 9.06. The van der Waals surface area contributed by atoms with Crippen molar-refractivity contribution in [3.8, 4) is 5.75 Å². The third-order valence-electron chi connectivity index (χ3n) is 2.78. The van der Waals surface area contributed by atoms with Crippen LogP contribution in [0, 0.1) is 0 Å². The molecule has 4 heteroatoms. The predicted octanol–water partition coefficient (Wildman–Crippen LogP) is 1.86. The summed E-state index contributed by atoms with van der Waals surface area (Å²) in [5.74, 6) is 2.00. The minimum Gasteiger partial charge on any atom is -0.497 e. The van der Waals surface area contributed by atoms with Crippen LogP contribution in [0.2, 0.25) is 0 Å². The fraction of sp³-hybridized carbons (Fsp3) is 0.364. The van der Waals surface area contributed by atoms with Crippen LogP contribution in [0.4, 0.5) is 5.82 Å². The second-order valence-corrected chi connectivity index (χ2v) is 3.74. The zero-order chi connectivity index (χ0) is 10.3. The summed E-state index contributed by atoms with van der Waals surface area (Å²) < 4.78 is 7.25. The smallest absolute Gasteiger partial charge is 0.132 e. The van der Waals surface area contributed by atoms with E-state index in [2.05, 4.69) is 10.4 Å². The maximum atomic E-state index is 5.22. The minimum absolute atomic E-state index is 0.880. The minimum atomic E-state index is 0.880. The van der Waals surface area contributed by atoms with E-state index in [1.54, 1.807) is 7.11 Å². The first kappa shape index (κ1) is 8.59. The van der Waals surface area contributed by atoms with Crippen LogP contribution in [0.5, 0.6) is 5.75 Å². The summed E-state index contributed by atoms with van der Waals surface area (Å²) in [7, 11) is 1.69. The van der Waals surface area contributed by atoms with E-state index in [-0.39, 0.29) is 0 Å². The van der Waals surface area contributed by atoms with Crippen LogP contribution in [0.25, 0.3) is 10.9 Å². The number of aromatic nitrogens is 2. The Bertz CT molecular complexity index is 504. The van der Waals surface area contributed by atoms with Gasteiger partial charge < -0.3 is 10.1 Å². The Morgan fingerprint density at radius 2 is 2.40 bits per heavy atom. The molecule has 0 unspecified atom stereocenters. The van der Waals surface area contributed by atoms with Crippen molar-refractivity contribution < 1.29 is 4.74 Å². The molecule has 0 aliphatic carbocycles. The number of anilines is 1. The molecule has 2 heterocycles. The molecule has 0 saturated carbocycles. The molecule has 0 bridgehead atoms. The monoisotopic (exact) mass is 203 g/mol. The van der Waals surface area contributed by atoms with Gasteiger partial charge in [0, 0.05) is 18.5 Å². The van der Waals surface area contributed by atoms with Gasteiger partial charge in [0.25, 0.3) is 0 Å². The van der Waals surface area contributed by atoms with Gasteiger partial charge in [0.2, 0.25) is 0 Å². The van der Waals surface area contributed by atoms with Crippen LogP contribution in [0.1, 0.15) is 6.42 Å². The second-order valence-electron chi connectivity index (χ2n) is 3.74. The fourth-order valence-electron chi connectivity index (χ4n) is 2.02. The first-order valence-corrected chi connectivity index (χ1v) is 5.17. The molecule has 4 nitrogen and oxygen atoms in total. The van der Waals surface area contributed by atoms with Crippen LogP contribution in [0.15, 0.2) is 18.2 Å². The normalized spacial score (nSPS) is 14.7. The zero-order valence-electron chi connectivity index (χ0n) is 8.66. The molecule has 0 amide bonds. The number of fused-ring (bicyclic) bond motifs is 3. The van der Waals surface area contributed by atoms with Gasteiger partial charge in [-0.25, -0.2) is 4.68 Å². The Hall–Kier alpha value is -1.71. The SMILES string of the molecule is COc1ccc2nn3c(c2c1)NCCC3. The van der Waals surface area contributed by atoms with Crippen molar-refractivity contribution in [3.05, 3.63) is 18.2 Å². The highest BCUT2D eigenvalue weighted by atomic mass is 16.5. The summed E-state index contributed by atoms with van der Waals surface area (Å²) in [5.41, 5.74) is 1.03. The van der Waals surface area contributed by atoms with Crippen molar-refractivity contribution in [1.29, 1.82) is 0 Å². The van der Waals surface area contributed by atoms with Gasteiger partial charge in [0.1, 0.15) is 11.6 Å². The van der Waals surface area contributed by atoms with Crippen molar-refractivity contribution in [2.45, 2.75) is 13.0 Å². The van der Waals surface area contributed by atoms with Crippen LogP contribution in [-0.2, 0) is 6.54 Å². The Morgan fingerprint density at radius 1 is 1.47 bits per heavy atom. The molecule has 1 aliphatic heterocycles. The summed E-state index contributed by atoms with van der Waals surface area (Å²) in [6.45, 7) is 2.03. The van der Waals surface area contributed by atoms with Gasteiger partial charge in [0.15, 0.2) is 0 Å². The number of nitrogens with zero attached hydrogens (tertiary/aromatic N) is 2. The fourth-order valence-corrected chi connectivity index (χ4v) is 2.02. The molecule has 3 rings (SSSR count). The van der Waals surface area contributed by atoms with Gasteiger partial charge in [-0.15, -0.1) is 0 Å². The van der Waals surface area contributed by atoms with E-state index in [1.807, 2.05) is 22.9 Å². The highest BCUT2D eigenvalue weighted by molar-refractivity contribution is 5.91. The predicted molar refractivity (Wildman–Crippen MR) is 59.4 cm³/mol. The molecule has 0 spiro atoms. The van der Waals surface area contributed by atoms with E-state index >= 15 is 0 Å². The lowest BCUT2D eigenvalue weighted by molar-refractivity contribution is 0.415. The summed E-state index contributed by atoms with van der Waals surface area (Å²) in [4.78, 5) is 0. The Labute approximate surface area is 87.8 Å². The Morgan fingerprint density at radius 3 is 3.27 bits per heavy atom. The van der Waals surface area contributed by atoms with Crippen molar-refractivity contribution in [2.75, 3.05) is 19.0 Å². The molecule has 0 fully saturated rings. The highest BCUT2D eigenvalue weighted by Crippen LogP contribution is 2.28. The molecule has 2 aromatic rings. The lowest BCUT2D eigenvalue weighted by Crippen LogP contribution is -2.17. The lowest BCUT2D eigenvalue weighted by atomic mass is 10.2. The van der Waals surface area contributed by atoms with Crippen LogP contribution < -0.4 is 10.1 Å². The second kappa shape index (κ2) is 3.15. The Kier molecular flexibility index (Phi) is 1.80. The number of hydrogen-bond donors (Lipinski definition) is 1. The van der Waals surface area contributed by atoms with Crippen molar-refractivity contribution >= 4 is 16.7 Å². The molecule has 1 aromatic heterocycles. The molecule has 0 radical (unpaired) electrons. The molecule has 0 saturated heterocycles. The van der Waals surface area contributed by atoms with Gasteiger partial charge in [-0.3, -0.25) is 0 Å². The quantitative estimate of drug-likeness (QED) is 0.769. The lowest BCUT2D eigenvalue weighted by Gasteiger charge is -2.15. The maximum absolute atomic E-state index is 5.22. The maximum Gasteiger partial charge on any atom is 0.132 e. The van der Waals surface area contributed by atoms with E-state index < -0.39 is 0 Å². The molecule has 78 valence electrons. The first-order chi connectivity index (χ1) is 7.38. The number of aryl methyl sites for hydroxylation is 1. The van der Waals surface area contributed by atoms with Gasteiger partial charge in [-0.2, -0.15) is 5.10 Å². The van der Waals surface area contributed by atoms with E-state index in [9.17, 15) is 0 Å². The summed E-state index contributed by atoms with van der Waals surface area (Å²) >= 11 is 0. The number of rotatable bonds is 1. The average Bonchev–Trinajstić information content (AvgIpc) is 2.66. The van der Waals surface area contributed by atoms with E-state index in [0.29, 0.717) is 0 Å². The number of hydrogen-bond acceptors (Lipinski definition) is 3. The largest absolute Gasteiger partial charge is 0.497 e. The van der Waals surface area contributed by atoms with Gasteiger partial charge in [0.05, 0.1) is 12.6 Å². The third-order valence-corrected chi connectivity index (χ3v) is 2.78.